The lowest BCUT2D eigenvalue weighted by Crippen LogP contribution is -1.89. The number of rotatable bonds is 0. The molecule has 12 heavy (non-hydrogen) atoms. The van der Waals surface area contributed by atoms with Crippen LogP contribution in [0.4, 0.5) is 0 Å². The first-order chi connectivity index (χ1) is 5.66. The molecule has 3 nitrogen and oxygen atoms in total. The second-order valence-electron chi connectivity index (χ2n) is 2.43. The fourth-order valence-corrected chi connectivity index (χ4v) is 2.58. The van der Waals surface area contributed by atoms with Gasteiger partial charge in [-0.25, -0.2) is 9.50 Å². The van der Waals surface area contributed by atoms with Gasteiger partial charge in [0.05, 0.1) is 3.57 Å². The van der Waals surface area contributed by atoms with E-state index >= 15 is 0 Å². The lowest BCUT2D eigenvalue weighted by Gasteiger charge is -1.94. The van der Waals surface area contributed by atoms with E-state index in [-0.39, 0.29) is 0 Å². The molecule has 0 fully saturated rings. The first-order valence-electron chi connectivity index (χ1n) is 3.35. The van der Waals surface area contributed by atoms with Gasteiger partial charge >= 0.3 is 0 Å². The van der Waals surface area contributed by atoms with Gasteiger partial charge in [-0.2, -0.15) is 5.10 Å². The Hall–Kier alpha value is -0.170. The van der Waals surface area contributed by atoms with Crippen LogP contribution in [0.5, 0.6) is 0 Å². The number of aromatic nitrogens is 3. The van der Waals surface area contributed by atoms with E-state index in [0.29, 0.717) is 0 Å². The van der Waals surface area contributed by atoms with Gasteiger partial charge in [0.1, 0.15) is 5.82 Å². The predicted octanol–water partition coefficient (Wildman–Crippen LogP) is 2.40. The summed E-state index contributed by atoms with van der Waals surface area (Å²) in [5.74, 6) is 0.797. The maximum Gasteiger partial charge on any atom is 0.168 e. The first kappa shape index (κ1) is 8.43. The highest BCUT2D eigenvalue weighted by Gasteiger charge is 2.03. The molecule has 0 saturated carbocycles. The van der Waals surface area contributed by atoms with Crippen molar-refractivity contribution in [3.05, 3.63) is 26.1 Å². The summed E-state index contributed by atoms with van der Waals surface area (Å²) in [6, 6.07) is 2.02. The second-order valence-corrected chi connectivity index (χ2v) is 4.51. The van der Waals surface area contributed by atoms with Crippen molar-refractivity contribution in [2.75, 3.05) is 0 Å². The van der Waals surface area contributed by atoms with Gasteiger partial charge in [-0.3, -0.25) is 0 Å². The molecule has 0 aliphatic heterocycles. The Morgan fingerprint density at radius 1 is 1.58 bits per heavy atom. The van der Waals surface area contributed by atoms with Gasteiger partial charge in [0.15, 0.2) is 5.65 Å². The van der Waals surface area contributed by atoms with Crippen LogP contribution in [0.3, 0.4) is 0 Å². The van der Waals surface area contributed by atoms with Crippen LogP contribution in [0.25, 0.3) is 5.65 Å². The van der Waals surface area contributed by atoms with Crippen LogP contribution in [-0.4, -0.2) is 14.6 Å². The van der Waals surface area contributed by atoms with Crippen molar-refractivity contribution in [2.45, 2.75) is 6.92 Å². The lowest BCUT2D eigenvalue weighted by molar-refractivity contribution is 0.925. The van der Waals surface area contributed by atoms with E-state index in [1.165, 1.54) is 0 Å². The van der Waals surface area contributed by atoms with Crippen LogP contribution in [-0.2, 0) is 0 Å². The quantitative estimate of drug-likeness (QED) is 0.691. The molecule has 0 radical (unpaired) electrons. The molecule has 0 amide bonds. The molecular formula is C7H5BrIN3. The molecule has 0 N–H and O–H groups in total. The highest BCUT2D eigenvalue weighted by molar-refractivity contribution is 14.1. The fourth-order valence-electron chi connectivity index (χ4n) is 1.02. The van der Waals surface area contributed by atoms with Gasteiger partial charge < -0.3 is 0 Å². The summed E-state index contributed by atoms with van der Waals surface area (Å²) in [5, 5.41) is 4.21. The zero-order valence-electron chi connectivity index (χ0n) is 6.25. The Labute approximate surface area is 91.5 Å². The predicted molar refractivity (Wildman–Crippen MR) is 58.1 cm³/mol. The smallest absolute Gasteiger partial charge is 0.168 e. The Morgan fingerprint density at radius 3 is 3.08 bits per heavy atom. The molecule has 62 valence electrons. The van der Waals surface area contributed by atoms with E-state index in [1.54, 1.807) is 4.52 Å². The van der Waals surface area contributed by atoms with Crippen molar-refractivity contribution in [3.63, 3.8) is 0 Å². The van der Waals surface area contributed by atoms with Gasteiger partial charge in [-0.15, -0.1) is 0 Å². The fraction of sp³-hybridized carbons (Fsp3) is 0.143. The zero-order valence-corrected chi connectivity index (χ0v) is 10.00. The third kappa shape index (κ3) is 1.35. The van der Waals surface area contributed by atoms with Gasteiger partial charge in [0.2, 0.25) is 0 Å². The Kier molecular flexibility index (Phi) is 2.07. The van der Waals surface area contributed by atoms with E-state index < -0.39 is 0 Å². The maximum absolute atomic E-state index is 4.28. The molecule has 0 unspecified atom stereocenters. The Morgan fingerprint density at radius 2 is 2.33 bits per heavy atom. The molecule has 0 aliphatic carbocycles. The standard InChI is InChI=1S/C7H5BrIN3/c1-4-10-7-6(9)2-5(8)3-12(7)11-4/h2-3H,1H3. The minimum absolute atomic E-state index is 0.797. The monoisotopic (exact) mass is 337 g/mol. The second kappa shape index (κ2) is 2.95. The number of aryl methyl sites for hydroxylation is 1. The molecule has 0 aromatic carbocycles. The van der Waals surface area contributed by atoms with Crippen LogP contribution in [0.15, 0.2) is 16.7 Å². The molecule has 5 heteroatoms. The molecule has 0 bridgehead atoms. The average molecular weight is 338 g/mol. The van der Waals surface area contributed by atoms with E-state index in [9.17, 15) is 0 Å². The molecule has 2 heterocycles. The summed E-state index contributed by atoms with van der Waals surface area (Å²) >= 11 is 5.64. The number of halogens is 2. The third-order valence-corrected chi connectivity index (χ3v) is 2.69. The molecule has 2 aromatic rings. The number of hydrogen-bond acceptors (Lipinski definition) is 2. The van der Waals surface area contributed by atoms with Gasteiger partial charge in [0, 0.05) is 10.7 Å². The SMILES string of the molecule is Cc1nc2c(I)cc(Br)cn2n1. The number of nitrogens with zero attached hydrogens (tertiary/aromatic N) is 3. The van der Waals surface area contributed by atoms with E-state index in [2.05, 4.69) is 48.6 Å². The molecule has 2 rings (SSSR count). The number of fused-ring (bicyclic) bond motifs is 1. The van der Waals surface area contributed by atoms with Crippen molar-refractivity contribution in [1.82, 2.24) is 14.6 Å². The van der Waals surface area contributed by atoms with Crippen LogP contribution in [0, 0.1) is 10.5 Å². The van der Waals surface area contributed by atoms with Crippen molar-refractivity contribution >= 4 is 44.2 Å². The summed E-state index contributed by atoms with van der Waals surface area (Å²) in [6.45, 7) is 1.89. The molecular weight excluding hydrogens is 333 g/mol. The van der Waals surface area contributed by atoms with Crippen molar-refractivity contribution in [1.29, 1.82) is 0 Å². The minimum Gasteiger partial charge on any atom is -0.219 e. The summed E-state index contributed by atoms with van der Waals surface area (Å²) < 4.78 is 3.90. The first-order valence-corrected chi connectivity index (χ1v) is 5.22. The zero-order chi connectivity index (χ0) is 8.72. The van der Waals surface area contributed by atoms with Crippen LogP contribution in [0.2, 0.25) is 0 Å². The normalized spacial score (nSPS) is 10.9. The number of hydrogen-bond donors (Lipinski definition) is 0. The van der Waals surface area contributed by atoms with Crippen LogP contribution >= 0.6 is 38.5 Å². The van der Waals surface area contributed by atoms with E-state index in [0.717, 1.165) is 19.5 Å². The van der Waals surface area contributed by atoms with Crippen molar-refractivity contribution in [3.8, 4) is 0 Å². The summed E-state index contributed by atoms with van der Waals surface area (Å²) in [7, 11) is 0. The largest absolute Gasteiger partial charge is 0.219 e. The summed E-state index contributed by atoms with van der Waals surface area (Å²) in [5.41, 5.74) is 0.913. The molecule has 0 atom stereocenters. The van der Waals surface area contributed by atoms with Gasteiger partial charge in [-0.1, -0.05) is 0 Å². The van der Waals surface area contributed by atoms with E-state index in [4.69, 9.17) is 0 Å². The minimum atomic E-state index is 0.797. The summed E-state index contributed by atoms with van der Waals surface area (Å²) in [4.78, 5) is 4.28. The lowest BCUT2D eigenvalue weighted by atomic mass is 10.5. The van der Waals surface area contributed by atoms with Crippen LogP contribution < -0.4 is 0 Å². The van der Waals surface area contributed by atoms with Crippen molar-refractivity contribution < 1.29 is 0 Å². The highest BCUT2D eigenvalue weighted by atomic mass is 127. The third-order valence-electron chi connectivity index (χ3n) is 1.46. The topological polar surface area (TPSA) is 30.2 Å². The maximum atomic E-state index is 4.28. The van der Waals surface area contributed by atoms with Gasteiger partial charge in [-0.05, 0) is 51.5 Å². The molecule has 0 saturated heterocycles. The average Bonchev–Trinajstić information content (AvgIpc) is 2.29. The highest BCUT2D eigenvalue weighted by Crippen LogP contribution is 2.17. The van der Waals surface area contributed by atoms with Gasteiger partial charge in [0.25, 0.3) is 0 Å². The molecule has 2 aromatic heterocycles. The Balaban J connectivity index is 2.88. The molecule has 0 aliphatic rings. The summed E-state index contributed by atoms with van der Waals surface area (Å²) in [6.07, 6.45) is 1.90. The number of pyridine rings is 1. The van der Waals surface area contributed by atoms with E-state index in [1.807, 2.05) is 19.2 Å². The van der Waals surface area contributed by atoms with Crippen LogP contribution in [0.1, 0.15) is 5.82 Å². The molecule has 0 spiro atoms. The van der Waals surface area contributed by atoms with Crippen molar-refractivity contribution in [2.24, 2.45) is 0 Å². The Bertz CT molecular complexity index is 437.